The fourth-order valence-electron chi connectivity index (χ4n) is 3.12. The zero-order valence-electron chi connectivity index (χ0n) is 15.1. The Morgan fingerprint density at radius 2 is 1.89 bits per heavy atom. The highest BCUT2D eigenvalue weighted by atomic mass is 19.4. The van der Waals surface area contributed by atoms with Crippen LogP contribution in [-0.4, -0.2) is 30.5 Å². The first-order chi connectivity index (χ1) is 12.8. The molecule has 2 aromatic rings. The monoisotopic (exact) mass is 375 g/mol. The maximum Gasteiger partial charge on any atom is 0.416 e. The summed E-state index contributed by atoms with van der Waals surface area (Å²) in [4.78, 5) is 20.6. The smallest absolute Gasteiger partial charge is 0.350 e. The van der Waals surface area contributed by atoms with Crippen molar-refractivity contribution in [2.24, 2.45) is 0 Å². The average molecular weight is 375 g/mol. The lowest BCUT2D eigenvalue weighted by Gasteiger charge is -2.34. The van der Waals surface area contributed by atoms with E-state index in [2.05, 4.69) is 9.88 Å². The molecule has 0 saturated heterocycles. The van der Waals surface area contributed by atoms with Gasteiger partial charge < -0.3 is 9.80 Å². The molecular formula is C20H20F3N3O. The van der Waals surface area contributed by atoms with Crippen LogP contribution < -0.4 is 9.80 Å². The molecule has 1 atom stereocenters. The second-order valence-corrected chi connectivity index (χ2v) is 6.53. The predicted octanol–water partition coefficient (Wildman–Crippen LogP) is 4.29. The second kappa shape index (κ2) is 7.42. The Balaban J connectivity index is 1.73. The minimum absolute atomic E-state index is 0.0878. The number of nitrogens with zero attached hydrogens (tertiary/aromatic N) is 3. The molecule has 0 N–H and O–H groups in total. The van der Waals surface area contributed by atoms with Gasteiger partial charge in [-0.2, -0.15) is 13.2 Å². The van der Waals surface area contributed by atoms with E-state index in [-0.39, 0.29) is 11.9 Å². The number of pyridine rings is 1. The average Bonchev–Trinajstić information content (AvgIpc) is 2.67. The zero-order chi connectivity index (χ0) is 19.6. The lowest BCUT2D eigenvalue weighted by Crippen LogP contribution is -2.40. The number of likely N-dealkylation sites (N-methyl/N-ethyl adjacent to an activating group) is 1. The van der Waals surface area contributed by atoms with Gasteiger partial charge in [0.2, 0.25) is 0 Å². The van der Waals surface area contributed by atoms with Crippen molar-refractivity contribution in [3.8, 4) is 0 Å². The number of amides is 1. The SMILES string of the molecule is CC1CC(C(=O)N(C)c2ccc(C(F)(F)F)cc2)=CCN1c1ccccn1. The molecule has 0 spiro atoms. The molecule has 0 bridgehead atoms. The van der Waals surface area contributed by atoms with Crippen LogP contribution in [-0.2, 0) is 11.0 Å². The molecule has 0 aliphatic carbocycles. The van der Waals surface area contributed by atoms with Crippen molar-refractivity contribution in [2.75, 3.05) is 23.4 Å². The van der Waals surface area contributed by atoms with Crippen LogP contribution in [0.5, 0.6) is 0 Å². The summed E-state index contributed by atoms with van der Waals surface area (Å²) in [6, 6.07) is 10.4. The van der Waals surface area contributed by atoms with Crippen molar-refractivity contribution < 1.29 is 18.0 Å². The molecule has 0 fully saturated rings. The lowest BCUT2D eigenvalue weighted by molar-refractivity contribution is -0.137. The van der Waals surface area contributed by atoms with Gasteiger partial charge in [0.25, 0.3) is 5.91 Å². The number of benzene rings is 1. The van der Waals surface area contributed by atoms with Gasteiger partial charge >= 0.3 is 6.18 Å². The molecule has 1 unspecified atom stereocenters. The van der Waals surface area contributed by atoms with Crippen molar-refractivity contribution in [2.45, 2.75) is 25.6 Å². The molecule has 0 radical (unpaired) electrons. The van der Waals surface area contributed by atoms with Crippen LogP contribution in [0.3, 0.4) is 0 Å². The number of aromatic nitrogens is 1. The van der Waals surface area contributed by atoms with Gasteiger partial charge in [0.1, 0.15) is 5.82 Å². The van der Waals surface area contributed by atoms with Gasteiger partial charge in [-0.25, -0.2) is 4.98 Å². The Hall–Kier alpha value is -2.83. The largest absolute Gasteiger partial charge is 0.416 e. The van der Waals surface area contributed by atoms with Gasteiger partial charge in [0.15, 0.2) is 0 Å². The first kappa shape index (κ1) is 18.9. The van der Waals surface area contributed by atoms with Gasteiger partial charge in [0.05, 0.1) is 5.56 Å². The number of carbonyl (C=O) groups is 1. The normalized spacial score (nSPS) is 17.4. The standard InChI is InChI=1S/C20H20F3N3O/c1-14-13-15(10-12-26(14)18-5-3-4-11-24-18)19(27)25(2)17-8-6-16(7-9-17)20(21,22)23/h3-11,14H,12-13H2,1-2H3. The Morgan fingerprint density at radius 1 is 1.19 bits per heavy atom. The third-order valence-electron chi connectivity index (χ3n) is 4.69. The van der Waals surface area contributed by atoms with Gasteiger partial charge in [-0.3, -0.25) is 4.79 Å². The first-order valence-corrected chi connectivity index (χ1v) is 8.59. The van der Waals surface area contributed by atoms with Crippen molar-refractivity contribution in [1.82, 2.24) is 4.98 Å². The van der Waals surface area contributed by atoms with E-state index >= 15 is 0 Å². The van der Waals surface area contributed by atoms with E-state index in [9.17, 15) is 18.0 Å². The van der Waals surface area contributed by atoms with Crippen molar-refractivity contribution in [1.29, 1.82) is 0 Å². The van der Waals surface area contributed by atoms with E-state index < -0.39 is 11.7 Å². The zero-order valence-corrected chi connectivity index (χ0v) is 15.1. The summed E-state index contributed by atoms with van der Waals surface area (Å²) in [5.41, 5.74) is 0.342. The number of halogens is 3. The van der Waals surface area contributed by atoms with Crippen molar-refractivity contribution >= 4 is 17.4 Å². The third-order valence-corrected chi connectivity index (χ3v) is 4.69. The quantitative estimate of drug-likeness (QED) is 0.803. The maximum atomic E-state index is 12.8. The van der Waals surface area contributed by atoms with Gasteiger partial charge in [0, 0.05) is 37.1 Å². The Kier molecular flexibility index (Phi) is 5.21. The number of carbonyl (C=O) groups excluding carboxylic acids is 1. The molecule has 1 amide bonds. The predicted molar refractivity (Wildman–Crippen MR) is 98.6 cm³/mol. The van der Waals surface area contributed by atoms with Crippen LogP contribution in [0.15, 0.2) is 60.3 Å². The molecule has 1 aromatic heterocycles. The maximum absolute atomic E-state index is 12.8. The second-order valence-electron chi connectivity index (χ2n) is 6.53. The van der Waals surface area contributed by atoms with Crippen LogP contribution in [0.4, 0.5) is 24.7 Å². The summed E-state index contributed by atoms with van der Waals surface area (Å²) in [7, 11) is 1.57. The van der Waals surface area contributed by atoms with Crippen LogP contribution in [0.1, 0.15) is 18.9 Å². The summed E-state index contributed by atoms with van der Waals surface area (Å²) in [5, 5.41) is 0. The summed E-state index contributed by atoms with van der Waals surface area (Å²) in [6.45, 7) is 2.58. The van der Waals surface area contributed by atoms with E-state index in [4.69, 9.17) is 0 Å². The molecule has 3 rings (SSSR count). The number of anilines is 2. The molecule has 0 saturated carbocycles. The van der Waals surface area contributed by atoms with Gasteiger partial charge in [-0.15, -0.1) is 0 Å². The van der Waals surface area contributed by atoms with E-state index in [0.29, 0.717) is 24.2 Å². The molecule has 4 nitrogen and oxygen atoms in total. The van der Waals surface area contributed by atoms with Crippen LogP contribution in [0.25, 0.3) is 0 Å². The molecule has 1 aliphatic heterocycles. The minimum atomic E-state index is -4.39. The Bertz CT molecular complexity index is 832. The van der Waals surface area contributed by atoms with Crippen LogP contribution in [0, 0.1) is 0 Å². The number of hydrogen-bond acceptors (Lipinski definition) is 3. The highest BCUT2D eigenvalue weighted by Gasteiger charge is 2.31. The summed E-state index contributed by atoms with van der Waals surface area (Å²) in [6.07, 6.45) is -0.264. The van der Waals surface area contributed by atoms with Crippen LogP contribution >= 0.6 is 0 Å². The van der Waals surface area contributed by atoms with E-state index in [1.54, 1.807) is 13.2 Å². The third kappa shape index (κ3) is 4.13. The molecule has 7 heteroatoms. The van der Waals surface area contributed by atoms with Crippen molar-refractivity contribution in [3.63, 3.8) is 0 Å². The van der Waals surface area contributed by atoms with E-state index in [0.717, 1.165) is 18.0 Å². The van der Waals surface area contributed by atoms with Crippen molar-refractivity contribution in [3.05, 3.63) is 65.9 Å². The molecule has 27 heavy (non-hydrogen) atoms. The highest BCUT2D eigenvalue weighted by molar-refractivity contribution is 6.05. The molecule has 2 heterocycles. The fourth-order valence-corrected chi connectivity index (χ4v) is 3.12. The minimum Gasteiger partial charge on any atom is -0.350 e. The highest BCUT2D eigenvalue weighted by Crippen LogP contribution is 2.31. The Morgan fingerprint density at radius 3 is 2.44 bits per heavy atom. The lowest BCUT2D eigenvalue weighted by atomic mass is 10.00. The summed E-state index contributed by atoms with van der Waals surface area (Å²) < 4.78 is 38.1. The van der Waals surface area contributed by atoms with Crippen LogP contribution in [0.2, 0.25) is 0 Å². The number of alkyl halides is 3. The first-order valence-electron chi connectivity index (χ1n) is 8.59. The fraction of sp³-hybridized carbons (Fsp3) is 0.300. The summed E-state index contributed by atoms with van der Waals surface area (Å²) in [5.74, 6) is 0.645. The number of rotatable bonds is 3. The van der Waals surface area contributed by atoms with Gasteiger partial charge in [-0.1, -0.05) is 12.1 Å². The topological polar surface area (TPSA) is 36.4 Å². The molecule has 142 valence electrons. The molecule has 1 aromatic carbocycles. The van der Waals surface area contributed by atoms with E-state index in [1.807, 2.05) is 31.2 Å². The number of hydrogen-bond donors (Lipinski definition) is 0. The molecule has 1 aliphatic rings. The van der Waals surface area contributed by atoms with Gasteiger partial charge in [-0.05, 0) is 49.7 Å². The molecular weight excluding hydrogens is 355 g/mol. The Labute approximate surface area is 155 Å². The summed E-state index contributed by atoms with van der Waals surface area (Å²) >= 11 is 0. The van der Waals surface area contributed by atoms with E-state index in [1.165, 1.54) is 17.0 Å².